The van der Waals surface area contributed by atoms with Crippen molar-refractivity contribution in [1.82, 2.24) is 9.55 Å². The number of para-hydroxylation sites is 2. The Morgan fingerprint density at radius 3 is 2.67 bits per heavy atom. The Kier molecular flexibility index (Phi) is 4.57. The molecule has 0 saturated heterocycles. The number of aryl methyl sites for hydroxylation is 1. The van der Waals surface area contributed by atoms with Crippen LogP contribution in [0.25, 0.3) is 22.4 Å². The van der Waals surface area contributed by atoms with Crippen molar-refractivity contribution < 1.29 is 18.4 Å². The molecule has 0 amide bonds. The van der Waals surface area contributed by atoms with Crippen molar-refractivity contribution in [2.75, 3.05) is 0 Å². The number of aromatic nitrogens is 2. The van der Waals surface area contributed by atoms with Gasteiger partial charge in [0.25, 0.3) is 0 Å². The minimum atomic E-state index is -0.496. The van der Waals surface area contributed by atoms with Gasteiger partial charge in [-0.2, -0.15) is 0 Å². The monoisotopic (exact) mass is 364 g/mol. The summed E-state index contributed by atoms with van der Waals surface area (Å²) in [4.78, 5) is 28.0. The molecule has 0 radical (unpaired) electrons. The number of hydrogen-bond donors (Lipinski definition) is 0. The van der Waals surface area contributed by atoms with Gasteiger partial charge in [0.05, 0.1) is 18.1 Å². The van der Waals surface area contributed by atoms with Crippen LogP contribution in [0.1, 0.15) is 12.3 Å². The lowest BCUT2D eigenvalue weighted by molar-refractivity contribution is -0.145. The van der Waals surface area contributed by atoms with Crippen molar-refractivity contribution in [2.45, 2.75) is 19.6 Å². The number of oxazole rings is 2. The van der Waals surface area contributed by atoms with E-state index in [-0.39, 0.29) is 19.6 Å². The number of carbonyl (C=O) groups is 1. The highest BCUT2D eigenvalue weighted by Crippen LogP contribution is 2.20. The van der Waals surface area contributed by atoms with Crippen molar-refractivity contribution >= 4 is 17.1 Å². The van der Waals surface area contributed by atoms with Crippen molar-refractivity contribution in [1.29, 1.82) is 0 Å². The van der Waals surface area contributed by atoms with Crippen molar-refractivity contribution in [3.8, 4) is 11.3 Å². The van der Waals surface area contributed by atoms with Gasteiger partial charge in [-0.25, -0.2) is 9.78 Å². The largest absolute Gasteiger partial charge is 0.456 e. The van der Waals surface area contributed by atoms with Gasteiger partial charge in [0.15, 0.2) is 18.0 Å². The average molecular weight is 364 g/mol. The van der Waals surface area contributed by atoms with Gasteiger partial charge in [-0.15, -0.1) is 0 Å². The second-order valence-electron chi connectivity index (χ2n) is 5.88. The number of benzene rings is 2. The van der Waals surface area contributed by atoms with Crippen molar-refractivity contribution in [2.24, 2.45) is 0 Å². The SMILES string of the molecule is O=C(CCn1c(=O)oc2ccccc21)OCc1ncc(-c2ccccc2)o1. The molecule has 136 valence electrons. The van der Waals surface area contributed by atoms with E-state index in [0.717, 1.165) is 5.56 Å². The minimum Gasteiger partial charge on any atom is -0.456 e. The quantitative estimate of drug-likeness (QED) is 0.487. The van der Waals surface area contributed by atoms with E-state index in [1.54, 1.807) is 30.5 Å². The lowest BCUT2D eigenvalue weighted by atomic mass is 10.2. The van der Waals surface area contributed by atoms with Crippen LogP contribution in [0.15, 0.2) is 74.4 Å². The third-order valence-electron chi connectivity index (χ3n) is 4.08. The highest BCUT2D eigenvalue weighted by molar-refractivity contribution is 5.73. The minimum absolute atomic E-state index is 0.0374. The Balaban J connectivity index is 1.34. The maximum atomic E-state index is 12.0. The number of fused-ring (bicyclic) bond motifs is 1. The van der Waals surface area contributed by atoms with Crippen LogP contribution in [-0.2, 0) is 22.7 Å². The summed E-state index contributed by atoms with van der Waals surface area (Å²) in [5.41, 5.74) is 2.04. The third-order valence-corrected chi connectivity index (χ3v) is 4.08. The lowest BCUT2D eigenvalue weighted by Crippen LogP contribution is -2.17. The van der Waals surface area contributed by atoms with Crippen LogP contribution in [0.2, 0.25) is 0 Å². The Labute approximate surface area is 153 Å². The van der Waals surface area contributed by atoms with E-state index in [9.17, 15) is 9.59 Å². The summed E-state index contributed by atoms with van der Waals surface area (Å²) in [6.45, 7) is 0.113. The van der Waals surface area contributed by atoms with Crippen LogP contribution in [0.3, 0.4) is 0 Å². The molecule has 0 bridgehead atoms. The lowest BCUT2D eigenvalue weighted by Gasteiger charge is -2.03. The van der Waals surface area contributed by atoms with Crippen LogP contribution in [0, 0.1) is 0 Å². The van der Waals surface area contributed by atoms with Gasteiger partial charge >= 0.3 is 11.7 Å². The molecule has 27 heavy (non-hydrogen) atoms. The maximum absolute atomic E-state index is 12.0. The molecule has 0 atom stereocenters. The first-order valence-corrected chi connectivity index (χ1v) is 8.45. The molecule has 0 saturated carbocycles. The number of esters is 1. The fraction of sp³-hybridized carbons (Fsp3) is 0.150. The van der Waals surface area contributed by atoms with Crippen LogP contribution in [0.4, 0.5) is 0 Å². The first-order chi connectivity index (χ1) is 13.2. The maximum Gasteiger partial charge on any atom is 0.419 e. The number of ether oxygens (including phenoxy) is 1. The van der Waals surface area contributed by atoms with Gasteiger partial charge in [0.2, 0.25) is 5.89 Å². The first-order valence-electron chi connectivity index (χ1n) is 8.45. The highest BCUT2D eigenvalue weighted by atomic mass is 16.5. The molecule has 7 nitrogen and oxygen atoms in total. The Bertz CT molecular complexity index is 1120. The van der Waals surface area contributed by atoms with Crippen molar-refractivity contribution in [3.05, 3.63) is 77.2 Å². The molecule has 0 aliphatic carbocycles. The molecule has 0 fully saturated rings. The average Bonchev–Trinajstić information content (AvgIpc) is 3.29. The van der Waals surface area contributed by atoms with Crippen LogP contribution >= 0.6 is 0 Å². The molecule has 2 aromatic heterocycles. The van der Waals surface area contributed by atoms with E-state index in [4.69, 9.17) is 13.6 Å². The summed E-state index contributed by atoms with van der Waals surface area (Å²) in [6, 6.07) is 16.6. The Hall–Kier alpha value is -3.61. The number of carbonyl (C=O) groups excluding carboxylic acids is 1. The van der Waals surface area contributed by atoms with Crippen LogP contribution < -0.4 is 5.76 Å². The first kappa shape index (κ1) is 16.8. The van der Waals surface area contributed by atoms with Crippen molar-refractivity contribution in [3.63, 3.8) is 0 Å². The summed E-state index contributed by atoms with van der Waals surface area (Å²) in [6.07, 6.45) is 1.63. The second-order valence-corrected chi connectivity index (χ2v) is 5.88. The zero-order valence-corrected chi connectivity index (χ0v) is 14.3. The van der Waals surface area contributed by atoms with E-state index in [1.165, 1.54) is 4.57 Å². The predicted molar refractivity (Wildman–Crippen MR) is 96.8 cm³/mol. The molecular formula is C20H16N2O5. The number of nitrogens with zero attached hydrogens (tertiary/aromatic N) is 2. The fourth-order valence-corrected chi connectivity index (χ4v) is 2.76. The molecule has 2 aromatic carbocycles. The van der Waals surface area contributed by atoms with Crippen LogP contribution in [-0.4, -0.2) is 15.5 Å². The number of rotatable bonds is 6. The molecule has 0 aliphatic rings. The highest BCUT2D eigenvalue weighted by Gasteiger charge is 2.12. The Morgan fingerprint density at radius 2 is 1.81 bits per heavy atom. The van der Waals surface area contributed by atoms with E-state index in [2.05, 4.69) is 4.98 Å². The second kappa shape index (κ2) is 7.33. The van der Waals surface area contributed by atoms with Crippen LogP contribution in [0.5, 0.6) is 0 Å². The molecule has 4 rings (SSSR count). The molecule has 7 heteroatoms. The van der Waals surface area contributed by atoms with Gasteiger partial charge in [-0.3, -0.25) is 9.36 Å². The summed E-state index contributed by atoms with van der Waals surface area (Å²) in [7, 11) is 0. The standard InChI is InChI=1S/C20H16N2O5/c23-19(10-11-22-15-8-4-5-9-16(15)27-20(22)24)25-13-18-21-12-17(26-18)14-6-2-1-3-7-14/h1-9,12H,10-11,13H2. The summed E-state index contributed by atoms with van der Waals surface area (Å²) in [5, 5.41) is 0. The molecule has 2 heterocycles. The van der Waals surface area contributed by atoms with E-state index < -0.39 is 11.7 Å². The molecule has 0 unspecified atom stereocenters. The summed E-state index contributed by atoms with van der Waals surface area (Å²) >= 11 is 0. The van der Waals surface area contributed by atoms with E-state index in [1.807, 2.05) is 30.3 Å². The zero-order valence-electron chi connectivity index (χ0n) is 14.3. The summed E-state index contributed by atoms with van der Waals surface area (Å²) in [5.74, 6) is -0.0259. The molecule has 0 spiro atoms. The zero-order chi connectivity index (χ0) is 18.6. The van der Waals surface area contributed by atoms with Gasteiger partial charge < -0.3 is 13.6 Å². The van der Waals surface area contributed by atoms with Gasteiger partial charge in [0.1, 0.15) is 0 Å². The normalized spacial score (nSPS) is 11.0. The third kappa shape index (κ3) is 3.67. The van der Waals surface area contributed by atoms with E-state index in [0.29, 0.717) is 22.8 Å². The fourth-order valence-electron chi connectivity index (χ4n) is 2.76. The molecule has 0 N–H and O–H groups in total. The Morgan fingerprint density at radius 1 is 1.04 bits per heavy atom. The number of hydrogen-bond acceptors (Lipinski definition) is 6. The smallest absolute Gasteiger partial charge is 0.419 e. The van der Waals surface area contributed by atoms with Gasteiger partial charge in [0, 0.05) is 12.1 Å². The summed E-state index contributed by atoms with van der Waals surface area (Å²) < 4.78 is 17.3. The molecule has 0 aliphatic heterocycles. The van der Waals surface area contributed by atoms with Gasteiger partial charge in [-0.1, -0.05) is 42.5 Å². The molecular weight excluding hydrogens is 348 g/mol. The predicted octanol–water partition coefficient (Wildman–Crippen LogP) is 3.38. The topological polar surface area (TPSA) is 87.5 Å². The van der Waals surface area contributed by atoms with Gasteiger partial charge in [-0.05, 0) is 12.1 Å². The van der Waals surface area contributed by atoms with E-state index >= 15 is 0 Å². The molecule has 4 aromatic rings.